The molecule has 0 aliphatic rings. The van der Waals surface area contributed by atoms with Gasteiger partial charge in [0.1, 0.15) is 5.82 Å². The quantitative estimate of drug-likeness (QED) is 0.761. The fourth-order valence-corrected chi connectivity index (χ4v) is 1.73. The van der Waals surface area contributed by atoms with Crippen LogP contribution in [0, 0.1) is 5.82 Å². The van der Waals surface area contributed by atoms with Crippen molar-refractivity contribution in [3.8, 4) is 0 Å². The molecular formula is C16H14FN3O2. The maximum Gasteiger partial charge on any atom is 0.325 e. The molecule has 2 aromatic rings. The summed E-state index contributed by atoms with van der Waals surface area (Å²) < 4.78 is 13.0. The maximum absolute atomic E-state index is 13.0. The lowest BCUT2D eigenvalue weighted by Crippen LogP contribution is -2.37. The molecule has 0 bridgehead atoms. The van der Waals surface area contributed by atoms with Gasteiger partial charge in [-0.25, -0.2) is 9.18 Å². The molecule has 0 aliphatic heterocycles. The minimum absolute atomic E-state index is 0.215. The van der Waals surface area contributed by atoms with Crippen molar-refractivity contribution < 1.29 is 14.0 Å². The van der Waals surface area contributed by atoms with Crippen LogP contribution in [0.3, 0.4) is 0 Å². The molecule has 0 radical (unpaired) electrons. The van der Waals surface area contributed by atoms with Gasteiger partial charge >= 0.3 is 6.03 Å². The average molecular weight is 299 g/mol. The third kappa shape index (κ3) is 4.17. The molecule has 3 amide bonds. The van der Waals surface area contributed by atoms with Crippen LogP contribution in [0.1, 0.15) is 15.9 Å². The summed E-state index contributed by atoms with van der Waals surface area (Å²) in [6, 6.07) is 11.6. The van der Waals surface area contributed by atoms with Crippen molar-refractivity contribution in [2.75, 3.05) is 5.73 Å². The number of nitrogens with two attached hydrogens (primary N) is 1. The van der Waals surface area contributed by atoms with Crippen molar-refractivity contribution in [3.63, 3.8) is 0 Å². The van der Waals surface area contributed by atoms with E-state index >= 15 is 0 Å². The second-order valence-corrected chi connectivity index (χ2v) is 4.40. The van der Waals surface area contributed by atoms with Crippen molar-refractivity contribution in [3.05, 3.63) is 71.7 Å². The van der Waals surface area contributed by atoms with Crippen LogP contribution < -0.4 is 16.4 Å². The van der Waals surface area contributed by atoms with Crippen molar-refractivity contribution in [2.45, 2.75) is 0 Å². The van der Waals surface area contributed by atoms with Crippen LogP contribution in [0.25, 0.3) is 6.08 Å². The van der Waals surface area contributed by atoms with E-state index in [1.807, 2.05) is 0 Å². The van der Waals surface area contributed by atoms with E-state index in [0.29, 0.717) is 5.56 Å². The van der Waals surface area contributed by atoms with Crippen LogP contribution in [0.4, 0.5) is 14.9 Å². The number of rotatable bonds is 3. The Morgan fingerprint density at radius 1 is 1.09 bits per heavy atom. The molecule has 0 fully saturated rings. The summed E-state index contributed by atoms with van der Waals surface area (Å²) in [5.41, 5.74) is 6.72. The van der Waals surface area contributed by atoms with Crippen molar-refractivity contribution in [1.29, 1.82) is 0 Å². The molecule has 22 heavy (non-hydrogen) atoms. The van der Waals surface area contributed by atoms with Gasteiger partial charge in [-0.1, -0.05) is 24.3 Å². The fraction of sp³-hybridized carbons (Fsp3) is 0. The molecule has 0 heterocycles. The molecule has 0 unspecified atom stereocenters. The topological polar surface area (TPSA) is 84.2 Å². The van der Waals surface area contributed by atoms with E-state index in [1.165, 1.54) is 30.5 Å². The zero-order valence-electron chi connectivity index (χ0n) is 11.5. The van der Waals surface area contributed by atoms with Crippen LogP contribution in [-0.2, 0) is 0 Å². The largest absolute Gasteiger partial charge is 0.398 e. The molecule has 0 aliphatic carbocycles. The number of nitrogen functional groups attached to an aromatic ring is 1. The van der Waals surface area contributed by atoms with E-state index in [9.17, 15) is 14.0 Å². The van der Waals surface area contributed by atoms with Crippen LogP contribution in [0.5, 0.6) is 0 Å². The molecule has 2 aromatic carbocycles. The number of carbonyl (C=O) groups is 2. The summed E-state index contributed by atoms with van der Waals surface area (Å²) in [6.07, 6.45) is 2.82. The van der Waals surface area contributed by atoms with E-state index < -0.39 is 11.9 Å². The van der Waals surface area contributed by atoms with Crippen LogP contribution in [0.2, 0.25) is 0 Å². The Kier molecular flexibility index (Phi) is 4.87. The summed E-state index contributed by atoms with van der Waals surface area (Å²) in [7, 11) is 0. The number of halogens is 1. The number of nitrogens with one attached hydrogen (secondary N) is 2. The number of para-hydroxylation sites is 1. The second kappa shape index (κ2) is 7.03. The smallest absolute Gasteiger partial charge is 0.325 e. The van der Waals surface area contributed by atoms with Crippen LogP contribution >= 0.6 is 0 Å². The SMILES string of the molecule is Nc1ccccc1C(=O)NC(=O)N/C=C/c1cccc(F)c1. The van der Waals surface area contributed by atoms with Gasteiger partial charge < -0.3 is 11.1 Å². The van der Waals surface area contributed by atoms with Crippen molar-refractivity contribution >= 4 is 23.7 Å². The molecule has 112 valence electrons. The van der Waals surface area contributed by atoms with Gasteiger partial charge in [0.05, 0.1) is 5.56 Å². The molecule has 5 nitrogen and oxygen atoms in total. The molecule has 2 rings (SSSR count). The first-order valence-electron chi connectivity index (χ1n) is 6.45. The molecule has 0 saturated carbocycles. The molecule has 0 saturated heterocycles. The number of carbonyl (C=O) groups excluding carboxylic acids is 2. The molecular weight excluding hydrogens is 285 g/mol. The highest BCUT2D eigenvalue weighted by Gasteiger charge is 2.11. The lowest BCUT2D eigenvalue weighted by Gasteiger charge is -2.05. The van der Waals surface area contributed by atoms with Gasteiger partial charge in [-0.2, -0.15) is 0 Å². The van der Waals surface area contributed by atoms with Gasteiger partial charge in [0.2, 0.25) is 0 Å². The first kappa shape index (κ1) is 15.2. The number of anilines is 1. The maximum atomic E-state index is 13.0. The minimum Gasteiger partial charge on any atom is -0.398 e. The summed E-state index contributed by atoms with van der Waals surface area (Å²) in [5.74, 6) is -0.976. The number of amides is 3. The Morgan fingerprint density at radius 2 is 1.86 bits per heavy atom. The zero-order valence-corrected chi connectivity index (χ0v) is 11.5. The Balaban J connectivity index is 1.91. The Labute approximate surface area is 126 Å². The lowest BCUT2D eigenvalue weighted by molar-refractivity contribution is 0.0965. The summed E-state index contributed by atoms with van der Waals surface area (Å²) in [6.45, 7) is 0. The highest BCUT2D eigenvalue weighted by Crippen LogP contribution is 2.09. The van der Waals surface area contributed by atoms with E-state index in [4.69, 9.17) is 5.73 Å². The monoisotopic (exact) mass is 299 g/mol. The summed E-state index contributed by atoms with van der Waals surface area (Å²) >= 11 is 0. The van der Waals surface area contributed by atoms with Gasteiger partial charge in [0.25, 0.3) is 5.91 Å². The normalized spacial score (nSPS) is 10.4. The Morgan fingerprint density at radius 3 is 2.59 bits per heavy atom. The third-order valence-corrected chi connectivity index (χ3v) is 2.77. The number of hydrogen-bond acceptors (Lipinski definition) is 3. The number of hydrogen-bond donors (Lipinski definition) is 3. The Hall–Kier alpha value is -3.15. The summed E-state index contributed by atoms with van der Waals surface area (Å²) in [4.78, 5) is 23.4. The average Bonchev–Trinajstić information content (AvgIpc) is 2.47. The number of urea groups is 1. The van der Waals surface area contributed by atoms with Gasteiger partial charge in [-0.05, 0) is 35.9 Å². The van der Waals surface area contributed by atoms with Crippen molar-refractivity contribution in [1.82, 2.24) is 10.6 Å². The molecule has 0 atom stereocenters. The van der Waals surface area contributed by atoms with Gasteiger partial charge in [0, 0.05) is 11.9 Å². The third-order valence-electron chi connectivity index (χ3n) is 2.77. The molecule has 0 aromatic heterocycles. The first-order valence-corrected chi connectivity index (χ1v) is 6.45. The molecule has 4 N–H and O–H groups in total. The van der Waals surface area contributed by atoms with E-state index in [1.54, 1.807) is 30.3 Å². The zero-order chi connectivity index (χ0) is 15.9. The first-order chi connectivity index (χ1) is 10.6. The Bertz CT molecular complexity index is 729. The highest BCUT2D eigenvalue weighted by molar-refractivity contribution is 6.07. The molecule has 6 heteroatoms. The van der Waals surface area contributed by atoms with E-state index in [-0.39, 0.29) is 17.1 Å². The fourth-order valence-electron chi connectivity index (χ4n) is 1.73. The van der Waals surface area contributed by atoms with Gasteiger partial charge in [-0.3, -0.25) is 10.1 Å². The molecule has 0 spiro atoms. The standard InChI is InChI=1S/C16H14FN3O2/c17-12-5-3-4-11(10-12)8-9-19-16(22)20-15(21)13-6-1-2-7-14(13)18/h1-10H,18H2,(H2,19,20,21,22)/b9-8+. The predicted molar refractivity (Wildman–Crippen MR) is 82.3 cm³/mol. The van der Waals surface area contributed by atoms with Crippen LogP contribution in [-0.4, -0.2) is 11.9 Å². The predicted octanol–water partition coefficient (Wildman–Crippen LogP) is 2.52. The van der Waals surface area contributed by atoms with Crippen molar-refractivity contribution in [2.24, 2.45) is 0 Å². The second-order valence-electron chi connectivity index (χ2n) is 4.40. The minimum atomic E-state index is -0.707. The van der Waals surface area contributed by atoms with Crippen LogP contribution in [0.15, 0.2) is 54.7 Å². The lowest BCUT2D eigenvalue weighted by atomic mass is 10.2. The number of imide groups is 1. The van der Waals surface area contributed by atoms with E-state index in [0.717, 1.165) is 0 Å². The van der Waals surface area contributed by atoms with Gasteiger partial charge in [-0.15, -0.1) is 0 Å². The summed E-state index contributed by atoms with van der Waals surface area (Å²) in [5, 5.41) is 4.50. The highest BCUT2D eigenvalue weighted by atomic mass is 19.1. The number of benzene rings is 2. The van der Waals surface area contributed by atoms with Gasteiger partial charge in [0.15, 0.2) is 0 Å². The van der Waals surface area contributed by atoms with E-state index in [2.05, 4.69) is 10.6 Å².